The average molecular weight is 343 g/mol. The average Bonchev–Trinajstić information content (AvgIpc) is 3.07. The molecule has 134 valence electrons. The minimum absolute atomic E-state index is 0.186. The summed E-state index contributed by atoms with van der Waals surface area (Å²) in [6.07, 6.45) is 1.71. The van der Waals surface area contributed by atoms with Crippen molar-refractivity contribution in [2.45, 2.75) is 39.3 Å². The minimum atomic E-state index is -0.902. The lowest BCUT2D eigenvalue weighted by molar-refractivity contribution is 0.0787. The SMILES string of the molecule is COc1c(Nc2nn(C(C)C)c3cc(C(C)(C)O)ccc23)cnn1C. The standard InChI is InChI=1S/C18H25N5O2/c1-11(2)23-15-9-12(18(3,4)24)7-8-13(15)16(21-23)20-14-10-19-22(5)17(14)25-6/h7-11,24H,1-6H3,(H,20,21). The van der Waals surface area contributed by atoms with E-state index in [-0.39, 0.29) is 6.04 Å². The number of rotatable bonds is 5. The van der Waals surface area contributed by atoms with Crippen LogP contribution in [0, 0.1) is 0 Å². The largest absolute Gasteiger partial charge is 0.480 e. The van der Waals surface area contributed by atoms with E-state index in [9.17, 15) is 5.11 Å². The van der Waals surface area contributed by atoms with Crippen LogP contribution in [-0.4, -0.2) is 31.8 Å². The molecule has 0 spiro atoms. The first-order chi connectivity index (χ1) is 11.7. The number of aryl methyl sites for hydroxylation is 1. The maximum atomic E-state index is 10.3. The van der Waals surface area contributed by atoms with Gasteiger partial charge in [0, 0.05) is 18.5 Å². The summed E-state index contributed by atoms with van der Waals surface area (Å²) in [6, 6.07) is 6.10. The molecule has 1 aromatic carbocycles. The van der Waals surface area contributed by atoms with Gasteiger partial charge in [-0.05, 0) is 45.4 Å². The van der Waals surface area contributed by atoms with Gasteiger partial charge in [0.2, 0.25) is 5.88 Å². The first-order valence-electron chi connectivity index (χ1n) is 8.30. The molecule has 0 radical (unpaired) electrons. The predicted octanol–water partition coefficient (Wildman–Crippen LogP) is 3.33. The van der Waals surface area contributed by atoms with Gasteiger partial charge in [0.15, 0.2) is 5.82 Å². The van der Waals surface area contributed by atoms with E-state index in [0.717, 1.165) is 28.0 Å². The van der Waals surface area contributed by atoms with Crippen LogP contribution in [0.2, 0.25) is 0 Å². The number of aliphatic hydroxyl groups is 1. The van der Waals surface area contributed by atoms with E-state index >= 15 is 0 Å². The summed E-state index contributed by atoms with van der Waals surface area (Å²) in [6.45, 7) is 7.73. The minimum Gasteiger partial charge on any atom is -0.480 e. The Morgan fingerprint density at radius 2 is 2.00 bits per heavy atom. The fourth-order valence-corrected chi connectivity index (χ4v) is 2.89. The second-order valence-electron chi connectivity index (χ2n) is 6.99. The van der Waals surface area contributed by atoms with Crippen molar-refractivity contribution in [1.82, 2.24) is 19.6 Å². The third kappa shape index (κ3) is 3.07. The van der Waals surface area contributed by atoms with Crippen LogP contribution in [0.25, 0.3) is 10.9 Å². The maximum absolute atomic E-state index is 10.3. The molecule has 0 atom stereocenters. The molecule has 0 bridgehead atoms. The summed E-state index contributed by atoms with van der Waals surface area (Å²) in [4.78, 5) is 0. The fraction of sp³-hybridized carbons (Fsp3) is 0.444. The highest BCUT2D eigenvalue weighted by molar-refractivity contribution is 5.93. The number of aromatic nitrogens is 4. The highest BCUT2D eigenvalue weighted by Gasteiger charge is 2.21. The van der Waals surface area contributed by atoms with Gasteiger partial charge in [-0.2, -0.15) is 10.2 Å². The second-order valence-corrected chi connectivity index (χ2v) is 6.99. The van der Waals surface area contributed by atoms with Gasteiger partial charge >= 0.3 is 0 Å². The van der Waals surface area contributed by atoms with E-state index in [1.54, 1.807) is 31.8 Å². The Balaban J connectivity index is 2.12. The van der Waals surface area contributed by atoms with Crippen LogP contribution in [0.5, 0.6) is 5.88 Å². The van der Waals surface area contributed by atoms with Crippen molar-refractivity contribution in [2.24, 2.45) is 7.05 Å². The molecule has 7 nitrogen and oxygen atoms in total. The molecule has 2 heterocycles. The zero-order valence-electron chi connectivity index (χ0n) is 15.5. The molecule has 0 fully saturated rings. The van der Waals surface area contributed by atoms with Crippen molar-refractivity contribution in [3.63, 3.8) is 0 Å². The van der Waals surface area contributed by atoms with Crippen molar-refractivity contribution < 1.29 is 9.84 Å². The molecule has 0 amide bonds. The van der Waals surface area contributed by atoms with Crippen LogP contribution in [-0.2, 0) is 12.6 Å². The molecule has 2 N–H and O–H groups in total. The van der Waals surface area contributed by atoms with Gasteiger partial charge in [0.25, 0.3) is 0 Å². The molecule has 0 aliphatic heterocycles. The summed E-state index contributed by atoms with van der Waals surface area (Å²) < 4.78 is 9.01. The Labute approximate surface area is 147 Å². The molecular formula is C18H25N5O2. The fourth-order valence-electron chi connectivity index (χ4n) is 2.89. The van der Waals surface area contributed by atoms with Gasteiger partial charge in [0.1, 0.15) is 5.69 Å². The molecule has 0 saturated heterocycles. The summed E-state index contributed by atoms with van der Waals surface area (Å²) in [7, 11) is 3.44. The van der Waals surface area contributed by atoms with Crippen molar-refractivity contribution in [1.29, 1.82) is 0 Å². The van der Waals surface area contributed by atoms with Crippen molar-refractivity contribution >= 4 is 22.4 Å². The van der Waals surface area contributed by atoms with Crippen molar-refractivity contribution in [3.8, 4) is 5.88 Å². The number of hydrogen-bond acceptors (Lipinski definition) is 5. The van der Waals surface area contributed by atoms with Crippen LogP contribution in [0.3, 0.4) is 0 Å². The van der Waals surface area contributed by atoms with Crippen LogP contribution >= 0.6 is 0 Å². The Bertz CT molecular complexity index is 902. The summed E-state index contributed by atoms with van der Waals surface area (Å²) in [5.41, 5.74) is 1.68. The van der Waals surface area contributed by atoms with Gasteiger partial charge in [-0.1, -0.05) is 6.07 Å². The van der Waals surface area contributed by atoms with E-state index in [0.29, 0.717) is 5.88 Å². The molecule has 0 unspecified atom stereocenters. The van der Waals surface area contributed by atoms with E-state index in [2.05, 4.69) is 24.3 Å². The lowest BCUT2D eigenvalue weighted by Crippen LogP contribution is -2.15. The Morgan fingerprint density at radius 3 is 2.60 bits per heavy atom. The van der Waals surface area contributed by atoms with Crippen LogP contribution in [0.1, 0.15) is 39.3 Å². The van der Waals surface area contributed by atoms with Gasteiger partial charge < -0.3 is 15.2 Å². The Morgan fingerprint density at radius 1 is 1.28 bits per heavy atom. The molecule has 0 aliphatic carbocycles. The number of methoxy groups -OCH3 is 1. The van der Waals surface area contributed by atoms with E-state index in [1.807, 2.05) is 29.9 Å². The molecule has 0 saturated carbocycles. The molecule has 3 aromatic rings. The summed E-state index contributed by atoms with van der Waals surface area (Å²) >= 11 is 0. The normalized spacial score (nSPS) is 12.2. The molecule has 0 aliphatic rings. The Kier molecular flexibility index (Phi) is 4.20. The second kappa shape index (κ2) is 6.07. The van der Waals surface area contributed by atoms with Crippen LogP contribution < -0.4 is 10.1 Å². The monoisotopic (exact) mass is 343 g/mol. The van der Waals surface area contributed by atoms with E-state index in [1.165, 1.54) is 0 Å². The summed E-state index contributed by atoms with van der Waals surface area (Å²) in [5.74, 6) is 1.37. The van der Waals surface area contributed by atoms with E-state index in [4.69, 9.17) is 9.84 Å². The van der Waals surface area contributed by atoms with E-state index < -0.39 is 5.60 Å². The number of benzene rings is 1. The zero-order chi connectivity index (χ0) is 18.4. The number of hydrogen-bond donors (Lipinski definition) is 2. The molecule has 7 heteroatoms. The highest BCUT2D eigenvalue weighted by Crippen LogP contribution is 2.33. The zero-order valence-corrected chi connectivity index (χ0v) is 15.5. The maximum Gasteiger partial charge on any atom is 0.235 e. The first-order valence-corrected chi connectivity index (χ1v) is 8.30. The summed E-state index contributed by atoms with van der Waals surface area (Å²) in [5, 5.41) is 23.6. The van der Waals surface area contributed by atoms with Crippen LogP contribution in [0.15, 0.2) is 24.4 Å². The number of anilines is 2. The molecule has 25 heavy (non-hydrogen) atoms. The highest BCUT2D eigenvalue weighted by atomic mass is 16.5. The molecule has 2 aromatic heterocycles. The quantitative estimate of drug-likeness (QED) is 0.743. The lowest BCUT2D eigenvalue weighted by Gasteiger charge is -2.18. The predicted molar refractivity (Wildman–Crippen MR) is 98.4 cm³/mol. The third-order valence-corrected chi connectivity index (χ3v) is 4.23. The van der Waals surface area contributed by atoms with Gasteiger partial charge in [-0.15, -0.1) is 0 Å². The molecule has 3 rings (SSSR count). The molecular weight excluding hydrogens is 318 g/mol. The van der Waals surface area contributed by atoms with Crippen molar-refractivity contribution in [3.05, 3.63) is 30.0 Å². The Hall–Kier alpha value is -2.54. The lowest BCUT2D eigenvalue weighted by atomic mass is 9.97. The number of nitrogens with one attached hydrogen (secondary N) is 1. The van der Waals surface area contributed by atoms with Gasteiger partial charge in [-0.3, -0.25) is 4.68 Å². The van der Waals surface area contributed by atoms with Gasteiger partial charge in [0.05, 0.1) is 24.4 Å². The number of nitrogens with zero attached hydrogens (tertiary/aromatic N) is 4. The number of fused-ring (bicyclic) bond motifs is 1. The van der Waals surface area contributed by atoms with Crippen LogP contribution in [0.4, 0.5) is 11.5 Å². The first kappa shape index (κ1) is 17.3. The number of ether oxygens (including phenoxy) is 1. The topological polar surface area (TPSA) is 77.1 Å². The smallest absolute Gasteiger partial charge is 0.235 e. The third-order valence-electron chi connectivity index (χ3n) is 4.23. The van der Waals surface area contributed by atoms with Crippen molar-refractivity contribution in [2.75, 3.05) is 12.4 Å². The van der Waals surface area contributed by atoms with Gasteiger partial charge in [-0.25, -0.2) is 4.68 Å².